The number of hydrogen-bond donors (Lipinski definition) is 1. The first-order valence-electron chi connectivity index (χ1n) is 15.4. The molecule has 2 atom stereocenters. The normalized spacial score (nSPS) is 17.3. The number of aryl methyl sites for hydroxylation is 2. The third kappa shape index (κ3) is 7.32. The molecule has 4 aromatic rings. The van der Waals surface area contributed by atoms with Crippen LogP contribution in [0.2, 0.25) is 0 Å². The van der Waals surface area contributed by atoms with Crippen LogP contribution in [0.15, 0.2) is 78.1 Å². The number of sulfonamides is 1. The fraction of sp³-hybridized carbons (Fsp3) is 0.412. The van der Waals surface area contributed by atoms with E-state index in [9.17, 15) is 13.2 Å². The summed E-state index contributed by atoms with van der Waals surface area (Å²) in [5.74, 6) is -0.0861. The summed E-state index contributed by atoms with van der Waals surface area (Å²) in [4.78, 5) is 18.2. The van der Waals surface area contributed by atoms with Gasteiger partial charge in [-0.25, -0.2) is 8.42 Å². The van der Waals surface area contributed by atoms with E-state index in [1.165, 1.54) is 0 Å². The second-order valence-corrected chi connectivity index (χ2v) is 14.4. The van der Waals surface area contributed by atoms with Crippen LogP contribution in [0.4, 0.5) is 5.69 Å². The number of fused-ring (bicyclic) bond motifs is 1. The van der Waals surface area contributed by atoms with Crippen LogP contribution >= 0.6 is 0 Å². The Labute approximate surface area is 265 Å². The molecule has 0 bridgehead atoms. The van der Waals surface area contributed by atoms with Gasteiger partial charge in [0, 0.05) is 25.8 Å². The Balaban J connectivity index is 1.48. The number of carbonyl (C=O) groups excluding carboxylic acids is 1. The monoisotopic (exact) mass is 630 g/mol. The number of ether oxygens (including phenoxy) is 1. The van der Waals surface area contributed by atoms with Gasteiger partial charge >= 0.3 is 0 Å². The Morgan fingerprint density at radius 3 is 2.71 bits per heavy atom. The van der Waals surface area contributed by atoms with Gasteiger partial charge in [-0.2, -0.15) is 4.31 Å². The molecule has 0 unspecified atom stereocenters. The Bertz CT molecular complexity index is 1740. The maximum Gasteiger partial charge on any atom is 0.243 e. The predicted molar refractivity (Wildman–Crippen MR) is 173 cm³/mol. The molecule has 0 spiro atoms. The van der Waals surface area contributed by atoms with E-state index in [4.69, 9.17) is 4.74 Å². The van der Waals surface area contributed by atoms with Crippen molar-refractivity contribution in [1.29, 1.82) is 0 Å². The average molecular weight is 631 g/mol. The predicted octanol–water partition coefficient (Wildman–Crippen LogP) is 5.70. The number of anilines is 1. The molecular formula is C34H42N6O4S. The van der Waals surface area contributed by atoms with Gasteiger partial charge in [-0.3, -0.25) is 14.5 Å². The topological polar surface area (TPSA) is 119 Å². The first-order valence-corrected chi connectivity index (χ1v) is 16.8. The molecule has 1 amide bonds. The van der Waals surface area contributed by atoms with Crippen molar-refractivity contribution in [2.75, 3.05) is 11.9 Å². The molecule has 0 aliphatic carbocycles. The summed E-state index contributed by atoms with van der Waals surface area (Å²) in [6.45, 7) is 11.3. The number of nitrogens with one attached hydrogen (secondary N) is 1. The van der Waals surface area contributed by atoms with Crippen molar-refractivity contribution < 1.29 is 17.9 Å². The highest BCUT2D eigenvalue weighted by Crippen LogP contribution is 2.39. The van der Waals surface area contributed by atoms with E-state index in [-0.39, 0.29) is 25.0 Å². The van der Waals surface area contributed by atoms with E-state index in [0.717, 1.165) is 35.2 Å². The van der Waals surface area contributed by atoms with Crippen LogP contribution in [0.1, 0.15) is 68.2 Å². The van der Waals surface area contributed by atoms with E-state index < -0.39 is 21.5 Å². The highest BCUT2D eigenvalue weighted by atomic mass is 32.2. The summed E-state index contributed by atoms with van der Waals surface area (Å²) in [6, 6.07) is 16.7. The lowest BCUT2D eigenvalue weighted by molar-refractivity contribution is -0.134. The number of nitrogens with zero attached hydrogens (tertiary/aromatic N) is 5. The summed E-state index contributed by atoms with van der Waals surface area (Å²) in [6.07, 6.45) is 6.04. The van der Waals surface area contributed by atoms with Crippen LogP contribution < -0.4 is 5.32 Å². The van der Waals surface area contributed by atoms with E-state index in [0.29, 0.717) is 29.2 Å². The largest absolute Gasteiger partial charge is 0.366 e. The molecule has 2 aromatic heterocycles. The Kier molecular flexibility index (Phi) is 9.81. The highest BCUT2D eigenvalue weighted by Gasteiger charge is 2.40. The van der Waals surface area contributed by atoms with Crippen molar-refractivity contribution in [2.45, 2.75) is 78.2 Å². The van der Waals surface area contributed by atoms with Gasteiger partial charge in [-0.15, -0.1) is 5.10 Å². The van der Waals surface area contributed by atoms with Crippen LogP contribution in [0.5, 0.6) is 0 Å². The zero-order chi connectivity index (χ0) is 32.2. The van der Waals surface area contributed by atoms with Crippen LogP contribution in [-0.4, -0.2) is 45.2 Å². The summed E-state index contributed by atoms with van der Waals surface area (Å²) >= 11 is 0. The van der Waals surface area contributed by atoms with Gasteiger partial charge < -0.3 is 10.1 Å². The van der Waals surface area contributed by atoms with Crippen molar-refractivity contribution in [3.63, 3.8) is 0 Å². The fourth-order valence-corrected chi connectivity index (χ4v) is 7.57. The van der Waals surface area contributed by atoms with Gasteiger partial charge in [0.15, 0.2) is 0 Å². The molecule has 1 aliphatic heterocycles. The number of pyridine rings is 1. The number of carbonyl (C=O) groups is 1. The Morgan fingerprint density at radius 1 is 1.16 bits per heavy atom. The van der Waals surface area contributed by atoms with Crippen molar-refractivity contribution in [3.05, 3.63) is 101 Å². The first kappa shape index (κ1) is 32.5. The minimum Gasteiger partial charge on any atom is -0.366 e. The van der Waals surface area contributed by atoms with Crippen LogP contribution in [0, 0.1) is 18.3 Å². The number of rotatable bonds is 11. The van der Waals surface area contributed by atoms with Crippen LogP contribution in [0.3, 0.4) is 0 Å². The minimum atomic E-state index is -3.71. The van der Waals surface area contributed by atoms with Gasteiger partial charge in [-0.05, 0) is 80.0 Å². The van der Waals surface area contributed by atoms with Crippen LogP contribution in [0.25, 0.3) is 0 Å². The van der Waals surface area contributed by atoms with Crippen molar-refractivity contribution in [3.8, 4) is 0 Å². The minimum absolute atomic E-state index is 0.149. The van der Waals surface area contributed by atoms with Gasteiger partial charge in [0.25, 0.3) is 0 Å². The zero-order valence-electron chi connectivity index (χ0n) is 26.6. The fourth-order valence-electron chi connectivity index (χ4n) is 5.79. The molecule has 238 valence electrons. The molecule has 0 fully saturated rings. The number of aromatic nitrogens is 4. The molecular weight excluding hydrogens is 588 g/mol. The molecule has 2 aromatic carbocycles. The lowest BCUT2D eigenvalue weighted by atomic mass is 9.80. The maximum atomic E-state index is 13.9. The lowest BCUT2D eigenvalue weighted by Gasteiger charge is -2.34. The summed E-state index contributed by atoms with van der Waals surface area (Å²) in [5.41, 5.74) is 3.64. The van der Waals surface area contributed by atoms with E-state index in [1.807, 2.05) is 57.3 Å². The smallest absolute Gasteiger partial charge is 0.243 e. The average Bonchev–Trinajstić information content (AvgIpc) is 3.42. The molecule has 3 heterocycles. The third-order valence-electron chi connectivity index (χ3n) is 8.29. The Morgan fingerprint density at radius 2 is 1.96 bits per heavy atom. The zero-order valence-corrected chi connectivity index (χ0v) is 27.4. The maximum absolute atomic E-state index is 13.9. The lowest BCUT2D eigenvalue weighted by Crippen LogP contribution is -2.38. The molecule has 11 heteroatoms. The number of amides is 1. The van der Waals surface area contributed by atoms with E-state index in [1.54, 1.807) is 45.6 Å². The molecule has 1 aliphatic rings. The van der Waals surface area contributed by atoms with Crippen LogP contribution in [-0.2, 0) is 45.7 Å². The van der Waals surface area contributed by atoms with Gasteiger partial charge in [0.05, 0.1) is 41.1 Å². The quantitative estimate of drug-likeness (QED) is 0.226. The molecule has 45 heavy (non-hydrogen) atoms. The first-order chi connectivity index (χ1) is 21.5. The number of hydrogen-bond acceptors (Lipinski definition) is 7. The second-order valence-electron chi connectivity index (χ2n) is 12.5. The molecule has 1 N–H and O–H groups in total. The molecule has 0 saturated heterocycles. The van der Waals surface area contributed by atoms with Gasteiger partial charge in [-0.1, -0.05) is 55.5 Å². The molecule has 0 radical (unpaired) electrons. The summed E-state index contributed by atoms with van der Waals surface area (Å²) in [7, 11) is -3.71. The van der Waals surface area contributed by atoms with Gasteiger partial charge in [0.2, 0.25) is 15.9 Å². The van der Waals surface area contributed by atoms with Crippen molar-refractivity contribution in [2.24, 2.45) is 11.3 Å². The second kappa shape index (κ2) is 13.6. The number of benzene rings is 2. The van der Waals surface area contributed by atoms with Gasteiger partial charge in [0.1, 0.15) is 5.69 Å². The molecule has 0 saturated carbocycles. The summed E-state index contributed by atoms with van der Waals surface area (Å²) < 4.78 is 37.6. The van der Waals surface area contributed by atoms with Crippen molar-refractivity contribution in [1.82, 2.24) is 24.3 Å². The molecule has 10 nitrogen and oxygen atoms in total. The SMILES string of the molecule is CCCn1cc(CO[C@H](c2ccc(C)c(CN3C[C@@H](C)Cc4ccccc4S3(=O)=O)c2)C(C)(C)C(=O)Nc2cccnc2)nn1. The molecule has 5 rings (SSSR count). The summed E-state index contributed by atoms with van der Waals surface area (Å²) in [5, 5.41) is 11.4. The highest BCUT2D eigenvalue weighted by molar-refractivity contribution is 7.89. The Hall–Kier alpha value is -3.93. The third-order valence-corrected chi connectivity index (χ3v) is 10.2. The van der Waals surface area contributed by atoms with Crippen molar-refractivity contribution >= 4 is 21.6 Å². The standard InChI is InChI=1S/C34H42N6O4S/c1-6-16-39-22-30(37-38-39)23-44-32(34(4,5)33(41)36-29-11-9-15-35-19-29)27-14-13-25(3)28(18-27)21-40-20-24(2)17-26-10-7-8-12-31(26)45(40,42)43/h7-15,18-19,22,24,32H,6,16-17,20-21,23H2,1-5H3,(H,36,41)/t24-,32+/m0/s1. The van der Waals surface area contributed by atoms with E-state index in [2.05, 4.69) is 34.5 Å². The van der Waals surface area contributed by atoms with E-state index >= 15 is 0 Å².